The van der Waals surface area contributed by atoms with Crippen LogP contribution in [0.5, 0.6) is 0 Å². The van der Waals surface area contributed by atoms with Crippen molar-refractivity contribution in [2.75, 3.05) is 31.1 Å². The third kappa shape index (κ3) is 4.04. The molecule has 0 unspecified atom stereocenters. The summed E-state index contributed by atoms with van der Waals surface area (Å²) in [6, 6.07) is 10.3. The smallest absolute Gasteiger partial charge is 0.368 e. The molecular weight excluding hydrogens is 426 g/mol. The second-order valence-corrected chi connectivity index (χ2v) is 7.67. The molecule has 32 heavy (non-hydrogen) atoms. The number of alkyl halides is 3. The van der Waals surface area contributed by atoms with Gasteiger partial charge in [-0.15, -0.1) is 5.10 Å². The SMILES string of the molecule is Cc1cccc(N2CCN(C(=O)c3nnn(-c4ccc(F)cc4)c3C(F)(F)F)CC2)c1C. The number of piperazine rings is 1. The van der Waals surface area contributed by atoms with Crippen molar-refractivity contribution in [2.24, 2.45) is 0 Å². The van der Waals surface area contributed by atoms with E-state index >= 15 is 0 Å². The van der Waals surface area contributed by atoms with Gasteiger partial charge in [-0.25, -0.2) is 9.07 Å². The molecule has 3 aromatic rings. The molecule has 0 N–H and O–H groups in total. The quantitative estimate of drug-likeness (QED) is 0.570. The Balaban J connectivity index is 1.58. The van der Waals surface area contributed by atoms with Crippen LogP contribution in [0.3, 0.4) is 0 Å². The number of carbonyl (C=O) groups excluding carboxylic acids is 1. The van der Waals surface area contributed by atoms with E-state index in [0.29, 0.717) is 17.8 Å². The standard InChI is InChI=1S/C22H21F4N5O/c1-14-4-3-5-18(15(14)2)29-10-12-30(13-11-29)21(32)19-20(22(24,25)26)31(28-27-19)17-8-6-16(23)7-9-17/h3-9H,10-13H2,1-2H3. The van der Waals surface area contributed by atoms with E-state index in [9.17, 15) is 22.4 Å². The number of carbonyl (C=O) groups is 1. The van der Waals surface area contributed by atoms with Crippen LogP contribution in [0.1, 0.15) is 27.3 Å². The average Bonchev–Trinajstić information content (AvgIpc) is 3.22. The molecule has 1 aromatic heterocycles. The van der Waals surface area contributed by atoms with Crippen molar-refractivity contribution in [3.8, 4) is 5.69 Å². The Labute approximate surface area is 182 Å². The first kappa shape index (κ1) is 21.8. The zero-order chi connectivity index (χ0) is 23.0. The molecule has 1 amide bonds. The highest BCUT2D eigenvalue weighted by molar-refractivity contribution is 5.93. The number of rotatable bonds is 3. The number of hydrogen-bond acceptors (Lipinski definition) is 4. The van der Waals surface area contributed by atoms with Gasteiger partial charge in [0.2, 0.25) is 0 Å². The second-order valence-electron chi connectivity index (χ2n) is 7.67. The summed E-state index contributed by atoms with van der Waals surface area (Å²) < 4.78 is 55.2. The van der Waals surface area contributed by atoms with Crippen molar-refractivity contribution in [3.05, 3.63) is 70.8 Å². The number of benzene rings is 2. The Morgan fingerprint density at radius 3 is 2.25 bits per heavy atom. The van der Waals surface area contributed by atoms with Crippen molar-refractivity contribution in [1.82, 2.24) is 19.9 Å². The first-order chi connectivity index (χ1) is 15.2. The van der Waals surface area contributed by atoms with Gasteiger partial charge in [-0.2, -0.15) is 13.2 Å². The largest absolute Gasteiger partial charge is 0.435 e. The van der Waals surface area contributed by atoms with Crippen molar-refractivity contribution < 1.29 is 22.4 Å². The van der Waals surface area contributed by atoms with E-state index in [1.807, 2.05) is 32.0 Å². The molecule has 10 heteroatoms. The highest BCUT2D eigenvalue weighted by Crippen LogP contribution is 2.33. The molecule has 0 radical (unpaired) electrons. The topological polar surface area (TPSA) is 54.3 Å². The third-order valence-electron chi connectivity index (χ3n) is 5.70. The van der Waals surface area contributed by atoms with Crippen LogP contribution < -0.4 is 4.90 Å². The molecule has 2 aromatic carbocycles. The van der Waals surface area contributed by atoms with Gasteiger partial charge >= 0.3 is 6.18 Å². The number of aromatic nitrogens is 3. The summed E-state index contributed by atoms with van der Waals surface area (Å²) in [6.07, 6.45) is -4.87. The molecule has 4 rings (SSSR count). The van der Waals surface area contributed by atoms with Gasteiger partial charge in [0.1, 0.15) is 5.82 Å². The molecule has 1 fully saturated rings. The molecular formula is C22H21F4N5O. The van der Waals surface area contributed by atoms with E-state index in [4.69, 9.17) is 0 Å². The average molecular weight is 447 g/mol. The second kappa shape index (κ2) is 8.25. The van der Waals surface area contributed by atoms with Gasteiger partial charge in [-0.05, 0) is 55.3 Å². The Morgan fingerprint density at radius 2 is 1.62 bits per heavy atom. The van der Waals surface area contributed by atoms with Gasteiger partial charge in [0.05, 0.1) is 5.69 Å². The summed E-state index contributed by atoms with van der Waals surface area (Å²) in [5.41, 5.74) is 1.26. The van der Waals surface area contributed by atoms with Crippen LogP contribution >= 0.6 is 0 Å². The number of aryl methyl sites for hydroxylation is 1. The lowest BCUT2D eigenvalue weighted by Gasteiger charge is -2.36. The van der Waals surface area contributed by atoms with Gasteiger partial charge in [0, 0.05) is 31.9 Å². The van der Waals surface area contributed by atoms with Crippen LogP contribution in [0.4, 0.5) is 23.2 Å². The van der Waals surface area contributed by atoms with Crippen LogP contribution in [-0.2, 0) is 6.18 Å². The van der Waals surface area contributed by atoms with Crippen LogP contribution in [-0.4, -0.2) is 52.0 Å². The molecule has 1 aliphatic heterocycles. The van der Waals surface area contributed by atoms with Gasteiger partial charge < -0.3 is 9.80 Å². The van der Waals surface area contributed by atoms with Gasteiger partial charge in [0.15, 0.2) is 11.4 Å². The zero-order valence-corrected chi connectivity index (χ0v) is 17.5. The van der Waals surface area contributed by atoms with E-state index in [0.717, 1.165) is 41.1 Å². The summed E-state index contributed by atoms with van der Waals surface area (Å²) in [4.78, 5) is 16.4. The number of halogens is 4. The molecule has 168 valence electrons. The normalized spacial score (nSPS) is 14.7. The Morgan fingerprint density at radius 1 is 0.969 bits per heavy atom. The van der Waals surface area contributed by atoms with Crippen LogP contribution in [0.2, 0.25) is 0 Å². The summed E-state index contributed by atoms with van der Waals surface area (Å²) in [5, 5.41) is 7.10. The lowest BCUT2D eigenvalue weighted by atomic mass is 10.1. The van der Waals surface area contributed by atoms with Crippen molar-refractivity contribution in [2.45, 2.75) is 20.0 Å². The molecule has 0 saturated carbocycles. The van der Waals surface area contributed by atoms with Gasteiger partial charge in [-0.1, -0.05) is 17.3 Å². The summed E-state index contributed by atoms with van der Waals surface area (Å²) in [7, 11) is 0. The minimum absolute atomic E-state index is 0.0370. The Hall–Kier alpha value is -3.43. The van der Waals surface area contributed by atoms with Gasteiger partial charge in [-0.3, -0.25) is 4.79 Å². The molecule has 1 aliphatic rings. The van der Waals surface area contributed by atoms with Crippen molar-refractivity contribution in [1.29, 1.82) is 0 Å². The monoisotopic (exact) mass is 447 g/mol. The maximum atomic E-state index is 13.8. The van der Waals surface area contributed by atoms with Crippen LogP contribution in [0, 0.1) is 19.7 Å². The predicted octanol–water partition coefficient (Wildman–Crippen LogP) is 4.00. The first-order valence-electron chi connectivity index (χ1n) is 10.1. The van der Waals surface area contributed by atoms with E-state index in [-0.39, 0.29) is 18.8 Å². The highest BCUT2D eigenvalue weighted by Gasteiger charge is 2.43. The Bertz CT molecular complexity index is 1130. The fraction of sp³-hybridized carbons (Fsp3) is 0.318. The molecule has 6 nitrogen and oxygen atoms in total. The number of hydrogen-bond donors (Lipinski definition) is 0. The maximum Gasteiger partial charge on any atom is 0.435 e. The first-order valence-corrected chi connectivity index (χ1v) is 10.1. The number of nitrogens with zero attached hydrogens (tertiary/aromatic N) is 5. The lowest BCUT2D eigenvalue weighted by Crippen LogP contribution is -2.49. The van der Waals surface area contributed by atoms with E-state index in [2.05, 4.69) is 15.2 Å². The highest BCUT2D eigenvalue weighted by atomic mass is 19.4. The summed E-state index contributed by atoms with van der Waals surface area (Å²) in [5.74, 6) is -1.42. The summed E-state index contributed by atoms with van der Waals surface area (Å²) >= 11 is 0. The fourth-order valence-electron chi connectivity index (χ4n) is 3.82. The van der Waals surface area contributed by atoms with Crippen molar-refractivity contribution in [3.63, 3.8) is 0 Å². The van der Waals surface area contributed by atoms with E-state index in [1.165, 1.54) is 4.90 Å². The van der Waals surface area contributed by atoms with Crippen LogP contribution in [0.15, 0.2) is 42.5 Å². The minimum atomic E-state index is -4.87. The maximum absolute atomic E-state index is 13.8. The van der Waals surface area contributed by atoms with Gasteiger partial charge in [0.25, 0.3) is 5.91 Å². The Kier molecular flexibility index (Phi) is 5.62. The molecule has 0 atom stereocenters. The lowest BCUT2D eigenvalue weighted by molar-refractivity contribution is -0.143. The van der Waals surface area contributed by atoms with E-state index < -0.39 is 29.3 Å². The fourth-order valence-corrected chi connectivity index (χ4v) is 3.82. The van der Waals surface area contributed by atoms with Crippen molar-refractivity contribution >= 4 is 11.6 Å². The number of amides is 1. The number of anilines is 1. The zero-order valence-electron chi connectivity index (χ0n) is 17.5. The minimum Gasteiger partial charge on any atom is -0.368 e. The van der Waals surface area contributed by atoms with E-state index in [1.54, 1.807) is 0 Å². The molecule has 0 aliphatic carbocycles. The van der Waals surface area contributed by atoms with Crippen LogP contribution in [0.25, 0.3) is 5.69 Å². The molecule has 0 spiro atoms. The molecule has 2 heterocycles. The summed E-state index contributed by atoms with van der Waals surface area (Å²) in [6.45, 7) is 5.53. The molecule has 0 bridgehead atoms. The molecule has 1 saturated heterocycles. The predicted molar refractivity (Wildman–Crippen MR) is 110 cm³/mol. The third-order valence-corrected chi connectivity index (χ3v) is 5.70.